The molecule has 2 atom stereocenters. The summed E-state index contributed by atoms with van der Waals surface area (Å²) in [5, 5.41) is 4.62. The SMILES string of the molecule is O=C1OC[C@H]2CN(C(=O)c3cn(-c4ccccc4)nc3-c3ccc(F)cc3)C[C@@H]12. The Morgan fingerprint density at radius 1 is 1.07 bits per heavy atom. The zero-order valence-electron chi connectivity index (χ0n) is 15.5. The van der Waals surface area contributed by atoms with Crippen LogP contribution in [0.3, 0.4) is 0 Å². The molecule has 0 radical (unpaired) electrons. The van der Waals surface area contributed by atoms with Gasteiger partial charge < -0.3 is 9.64 Å². The van der Waals surface area contributed by atoms with Crippen molar-refractivity contribution in [3.05, 3.63) is 72.2 Å². The number of fused-ring (bicyclic) bond motifs is 1. The summed E-state index contributed by atoms with van der Waals surface area (Å²) in [6.45, 7) is 1.19. The summed E-state index contributed by atoms with van der Waals surface area (Å²) in [5.41, 5.74) is 2.38. The highest BCUT2D eigenvalue weighted by Crippen LogP contribution is 2.33. The molecule has 0 aliphatic carbocycles. The molecule has 2 saturated heterocycles. The van der Waals surface area contributed by atoms with Crippen molar-refractivity contribution in [3.63, 3.8) is 0 Å². The number of likely N-dealkylation sites (tertiary alicyclic amines) is 1. The lowest BCUT2D eigenvalue weighted by atomic mass is 10.0. The quantitative estimate of drug-likeness (QED) is 0.644. The number of hydrogen-bond acceptors (Lipinski definition) is 4. The van der Waals surface area contributed by atoms with Gasteiger partial charge in [-0.2, -0.15) is 5.10 Å². The summed E-state index contributed by atoms with van der Waals surface area (Å²) in [7, 11) is 0. The van der Waals surface area contributed by atoms with E-state index in [0.717, 1.165) is 5.69 Å². The molecule has 1 amide bonds. The van der Waals surface area contributed by atoms with E-state index < -0.39 is 0 Å². The molecule has 0 N–H and O–H groups in total. The van der Waals surface area contributed by atoms with Crippen molar-refractivity contribution in [3.8, 4) is 16.9 Å². The zero-order chi connectivity index (χ0) is 20.0. The van der Waals surface area contributed by atoms with Gasteiger partial charge >= 0.3 is 5.97 Å². The summed E-state index contributed by atoms with van der Waals surface area (Å²) in [4.78, 5) is 26.9. The molecule has 0 saturated carbocycles. The third-order valence-corrected chi connectivity index (χ3v) is 5.55. The topological polar surface area (TPSA) is 64.4 Å². The molecule has 2 aliphatic rings. The molecular weight excluding hydrogens is 373 g/mol. The van der Waals surface area contributed by atoms with Crippen molar-refractivity contribution in [1.82, 2.24) is 14.7 Å². The number of carbonyl (C=O) groups is 2. The minimum atomic E-state index is -0.352. The number of hydrogen-bond donors (Lipinski definition) is 0. The molecule has 7 heteroatoms. The van der Waals surface area contributed by atoms with Crippen LogP contribution in [0.4, 0.5) is 4.39 Å². The van der Waals surface area contributed by atoms with Crippen molar-refractivity contribution >= 4 is 11.9 Å². The second-order valence-electron chi connectivity index (χ2n) is 7.39. The fraction of sp³-hybridized carbons (Fsp3) is 0.227. The molecule has 2 aromatic carbocycles. The van der Waals surface area contributed by atoms with Crippen LogP contribution in [-0.4, -0.2) is 46.3 Å². The van der Waals surface area contributed by atoms with E-state index in [1.54, 1.807) is 27.9 Å². The third-order valence-electron chi connectivity index (χ3n) is 5.55. The highest BCUT2D eigenvalue weighted by molar-refractivity contribution is 6.00. The smallest absolute Gasteiger partial charge is 0.311 e. The number of halogens is 1. The highest BCUT2D eigenvalue weighted by Gasteiger charge is 2.46. The number of para-hydroxylation sites is 1. The lowest BCUT2D eigenvalue weighted by Crippen LogP contribution is -2.31. The van der Waals surface area contributed by atoms with Crippen molar-refractivity contribution in [2.45, 2.75) is 0 Å². The zero-order valence-corrected chi connectivity index (χ0v) is 15.5. The minimum Gasteiger partial charge on any atom is -0.465 e. The Hall–Kier alpha value is -3.48. The highest BCUT2D eigenvalue weighted by atomic mass is 19.1. The van der Waals surface area contributed by atoms with Crippen LogP contribution in [-0.2, 0) is 9.53 Å². The van der Waals surface area contributed by atoms with Gasteiger partial charge in [0, 0.05) is 30.8 Å². The summed E-state index contributed by atoms with van der Waals surface area (Å²) < 4.78 is 20.1. The number of aromatic nitrogens is 2. The summed E-state index contributed by atoms with van der Waals surface area (Å²) in [5.74, 6) is -0.977. The van der Waals surface area contributed by atoms with E-state index in [1.807, 2.05) is 30.3 Å². The van der Waals surface area contributed by atoms with Gasteiger partial charge in [0.2, 0.25) is 0 Å². The van der Waals surface area contributed by atoms with Crippen LogP contribution in [0.5, 0.6) is 0 Å². The van der Waals surface area contributed by atoms with Gasteiger partial charge in [0.1, 0.15) is 11.5 Å². The second-order valence-corrected chi connectivity index (χ2v) is 7.39. The first-order valence-corrected chi connectivity index (χ1v) is 9.47. The van der Waals surface area contributed by atoms with E-state index in [4.69, 9.17) is 4.74 Å². The fourth-order valence-corrected chi connectivity index (χ4v) is 4.00. The molecule has 0 bridgehead atoms. The lowest BCUT2D eigenvalue weighted by Gasteiger charge is -2.17. The van der Waals surface area contributed by atoms with E-state index in [2.05, 4.69) is 5.10 Å². The van der Waals surface area contributed by atoms with Gasteiger partial charge in [-0.05, 0) is 36.4 Å². The van der Waals surface area contributed by atoms with Crippen molar-refractivity contribution in [2.24, 2.45) is 11.8 Å². The molecular formula is C22H18FN3O3. The molecule has 2 fully saturated rings. The molecule has 0 unspecified atom stereocenters. The Labute approximate surface area is 166 Å². The Kier molecular flexibility index (Phi) is 4.16. The average Bonchev–Trinajstić information content (AvgIpc) is 3.45. The number of ether oxygens (including phenoxy) is 1. The van der Waals surface area contributed by atoms with Crippen LogP contribution in [0.2, 0.25) is 0 Å². The summed E-state index contributed by atoms with van der Waals surface area (Å²) in [6, 6.07) is 15.4. The number of benzene rings is 2. The molecule has 0 spiro atoms. The average molecular weight is 391 g/mol. The van der Waals surface area contributed by atoms with Crippen LogP contribution >= 0.6 is 0 Å². The lowest BCUT2D eigenvalue weighted by molar-refractivity contribution is -0.141. The maximum Gasteiger partial charge on any atom is 0.311 e. The molecule has 3 heterocycles. The number of esters is 1. The second kappa shape index (κ2) is 6.84. The first-order valence-electron chi connectivity index (χ1n) is 9.47. The molecule has 5 rings (SSSR count). The van der Waals surface area contributed by atoms with Gasteiger partial charge in [0.25, 0.3) is 5.91 Å². The Balaban J connectivity index is 1.54. The molecule has 3 aromatic rings. The van der Waals surface area contributed by atoms with Gasteiger partial charge in [-0.15, -0.1) is 0 Å². The van der Waals surface area contributed by atoms with E-state index >= 15 is 0 Å². The van der Waals surface area contributed by atoms with Crippen LogP contribution in [0.15, 0.2) is 60.8 Å². The maximum atomic E-state index is 13.4. The number of rotatable bonds is 3. The van der Waals surface area contributed by atoms with E-state index in [-0.39, 0.29) is 29.5 Å². The van der Waals surface area contributed by atoms with Crippen LogP contribution in [0.25, 0.3) is 16.9 Å². The van der Waals surface area contributed by atoms with E-state index in [1.165, 1.54) is 12.1 Å². The Morgan fingerprint density at radius 2 is 1.83 bits per heavy atom. The van der Waals surface area contributed by atoms with Gasteiger partial charge in [-0.3, -0.25) is 9.59 Å². The minimum absolute atomic E-state index is 0.0462. The summed E-state index contributed by atoms with van der Waals surface area (Å²) in [6.07, 6.45) is 1.70. The Morgan fingerprint density at radius 3 is 2.55 bits per heavy atom. The molecule has 2 aliphatic heterocycles. The van der Waals surface area contributed by atoms with Gasteiger partial charge in [-0.1, -0.05) is 18.2 Å². The monoisotopic (exact) mass is 391 g/mol. The predicted octanol–water partition coefficient (Wildman–Crippen LogP) is 2.92. The van der Waals surface area contributed by atoms with E-state index in [0.29, 0.717) is 36.5 Å². The summed E-state index contributed by atoms with van der Waals surface area (Å²) >= 11 is 0. The normalized spacial score (nSPS) is 20.6. The van der Waals surface area contributed by atoms with Crippen molar-refractivity contribution in [2.75, 3.05) is 19.7 Å². The number of nitrogens with zero attached hydrogens (tertiary/aromatic N) is 3. The van der Waals surface area contributed by atoms with E-state index in [9.17, 15) is 14.0 Å². The van der Waals surface area contributed by atoms with Crippen molar-refractivity contribution < 1.29 is 18.7 Å². The third kappa shape index (κ3) is 3.08. The van der Waals surface area contributed by atoms with Crippen molar-refractivity contribution in [1.29, 1.82) is 0 Å². The molecule has 6 nitrogen and oxygen atoms in total. The first kappa shape index (κ1) is 17.6. The van der Waals surface area contributed by atoms with Crippen LogP contribution in [0.1, 0.15) is 10.4 Å². The fourth-order valence-electron chi connectivity index (χ4n) is 4.00. The van der Waals surface area contributed by atoms with Gasteiger partial charge in [-0.25, -0.2) is 9.07 Å². The number of amides is 1. The standard InChI is InChI=1S/C22H18FN3O3/c23-16-8-6-14(7-9-16)20-19(12-26(24-20)17-4-2-1-3-5-17)21(27)25-10-15-13-29-22(28)18(15)11-25/h1-9,12,15,18H,10-11,13H2/t15-,18-/m1/s1. The molecule has 1 aromatic heterocycles. The first-order chi connectivity index (χ1) is 14.1. The van der Waals surface area contributed by atoms with Gasteiger partial charge in [0.15, 0.2) is 0 Å². The Bertz CT molecular complexity index is 1080. The number of carbonyl (C=O) groups excluding carboxylic acids is 2. The predicted molar refractivity (Wildman–Crippen MR) is 103 cm³/mol. The van der Waals surface area contributed by atoms with Gasteiger partial charge in [0.05, 0.1) is 23.8 Å². The largest absolute Gasteiger partial charge is 0.465 e. The number of cyclic esters (lactones) is 1. The van der Waals surface area contributed by atoms with Crippen LogP contribution < -0.4 is 0 Å². The molecule has 146 valence electrons. The van der Waals surface area contributed by atoms with Crippen LogP contribution in [0, 0.1) is 17.7 Å². The molecule has 29 heavy (non-hydrogen) atoms. The maximum absolute atomic E-state index is 13.4.